The predicted octanol–water partition coefficient (Wildman–Crippen LogP) is 1.79. The van der Waals surface area contributed by atoms with Crippen molar-refractivity contribution in [1.82, 2.24) is 10.2 Å². The fourth-order valence-corrected chi connectivity index (χ4v) is 3.28. The van der Waals surface area contributed by atoms with Crippen LogP contribution in [0.25, 0.3) is 0 Å². The summed E-state index contributed by atoms with van der Waals surface area (Å²) < 4.78 is 0. The van der Waals surface area contributed by atoms with Crippen molar-refractivity contribution in [3.05, 3.63) is 22.4 Å². The van der Waals surface area contributed by atoms with Crippen molar-refractivity contribution >= 4 is 23.2 Å². The summed E-state index contributed by atoms with van der Waals surface area (Å²) in [5, 5.41) is 4.88. The smallest absolute Gasteiger partial charge is 0.226 e. The molecule has 1 aliphatic rings. The van der Waals surface area contributed by atoms with Crippen LogP contribution >= 0.6 is 11.3 Å². The minimum Gasteiger partial charge on any atom is -0.354 e. The highest BCUT2D eigenvalue weighted by Crippen LogP contribution is 2.39. The van der Waals surface area contributed by atoms with E-state index < -0.39 is 0 Å². The van der Waals surface area contributed by atoms with Gasteiger partial charge in [-0.25, -0.2) is 0 Å². The molecule has 0 radical (unpaired) electrons. The third-order valence-corrected chi connectivity index (χ3v) is 4.13. The first kappa shape index (κ1) is 13.1. The van der Waals surface area contributed by atoms with Crippen LogP contribution in [0.4, 0.5) is 0 Å². The van der Waals surface area contributed by atoms with Crippen LogP contribution in [-0.2, 0) is 9.59 Å². The van der Waals surface area contributed by atoms with Crippen LogP contribution in [0, 0.1) is 5.92 Å². The van der Waals surface area contributed by atoms with Gasteiger partial charge in [-0.05, 0) is 25.3 Å². The van der Waals surface area contributed by atoms with Crippen LogP contribution in [0.2, 0.25) is 0 Å². The second kappa shape index (κ2) is 5.10. The summed E-state index contributed by atoms with van der Waals surface area (Å²) in [6, 6.07) is 3.92. The van der Waals surface area contributed by atoms with Crippen LogP contribution in [0.3, 0.4) is 0 Å². The number of carbonyl (C=O) groups is 2. The molecule has 1 fully saturated rings. The maximum absolute atomic E-state index is 12.2. The molecule has 0 aromatic carbocycles. The third-order valence-electron chi connectivity index (χ3n) is 3.19. The summed E-state index contributed by atoms with van der Waals surface area (Å²) >= 11 is 1.59. The lowest BCUT2D eigenvalue weighted by atomic mass is 9.97. The van der Waals surface area contributed by atoms with E-state index >= 15 is 0 Å². The number of hydrogen-bond acceptors (Lipinski definition) is 3. The highest BCUT2D eigenvalue weighted by Gasteiger charge is 2.43. The van der Waals surface area contributed by atoms with Crippen LogP contribution in [0.5, 0.6) is 0 Å². The van der Waals surface area contributed by atoms with Gasteiger partial charge in [0.2, 0.25) is 11.8 Å². The quantitative estimate of drug-likeness (QED) is 0.907. The van der Waals surface area contributed by atoms with Crippen LogP contribution < -0.4 is 5.32 Å². The molecule has 1 aromatic rings. The Hall–Kier alpha value is -1.36. The molecule has 0 unspecified atom stereocenters. The first-order valence-corrected chi connectivity index (χ1v) is 6.98. The number of thiophene rings is 1. The lowest BCUT2D eigenvalue weighted by Crippen LogP contribution is -2.37. The van der Waals surface area contributed by atoms with Gasteiger partial charge >= 0.3 is 0 Å². The topological polar surface area (TPSA) is 49.4 Å². The Morgan fingerprint density at radius 3 is 2.83 bits per heavy atom. The highest BCUT2D eigenvalue weighted by molar-refractivity contribution is 7.10. The Morgan fingerprint density at radius 1 is 1.56 bits per heavy atom. The second-order valence-electron chi connectivity index (χ2n) is 4.94. The van der Waals surface area contributed by atoms with Gasteiger partial charge in [-0.2, -0.15) is 0 Å². The van der Waals surface area contributed by atoms with Crippen LogP contribution in [0.15, 0.2) is 17.5 Å². The number of hydrogen-bond donors (Lipinski definition) is 1. The number of carbonyl (C=O) groups excluding carboxylic acids is 2. The molecule has 4 nitrogen and oxygen atoms in total. The molecule has 0 aliphatic carbocycles. The zero-order valence-corrected chi connectivity index (χ0v) is 11.7. The van der Waals surface area contributed by atoms with Crippen molar-refractivity contribution in [2.45, 2.75) is 32.4 Å². The zero-order chi connectivity index (χ0) is 13.3. The fraction of sp³-hybridized carbons (Fsp3) is 0.538. The molecule has 1 N–H and O–H groups in total. The summed E-state index contributed by atoms with van der Waals surface area (Å²) in [6.07, 6.45) is 0.303. The summed E-state index contributed by atoms with van der Waals surface area (Å²) in [5.74, 6) is -0.262. The maximum Gasteiger partial charge on any atom is 0.226 e. The van der Waals surface area contributed by atoms with E-state index in [-0.39, 0.29) is 29.8 Å². The molecule has 1 saturated heterocycles. The molecule has 0 spiro atoms. The zero-order valence-electron chi connectivity index (χ0n) is 10.8. The highest BCUT2D eigenvalue weighted by atomic mass is 32.1. The van der Waals surface area contributed by atoms with Gasteiger partial charge in [0.05, 0.1) is 12.0 Å². The molecular weight excluding hydrogens is 248 g/mol. The van der Waals surface area contributed by atoms with Gasteiger partial charge < -0.3 is 10.2 Å². The Kier molecular flexibility index (Phi) is 3.71. The van der Waals surface area contributed by atoms with Gasteiger partial charge in [0, 0.05) is 24.4 Å². The van der Waals surface area contributed by atoms with Gasteiger partial charge in [-0.3, -0.25) is 9.59 Å². The number of likely N-dealkylation sites (tertiary alicyclic amines) is 1. The molecular formula is C13H18N2O2S. The number of rotatable bonds is 3. The monoisotopic (exact) mass is 266 g/mol. The average Bonchev–Trinajstić information content (AvgIpc) is 2.87. The minimum absolute atomic E-state index is 0.0268. The van der Waals surface area contributed by atoms with Crippen molar-refractivity contribution in [2.24, 2.45) is 5.92 Å². The molecule has 2 heterocycles. The van der Waals surface area contributed by atoms with E-state index in [2.05, 4.69) is 5.32 Å². The number of nitrogens with zero attached hydrogens (tertiary/aromatic N) is 1. The maximum atomic E-state index is 12.2. The van der Waals surface area contributed by atoms with E-state index in [1.807, 2.05) is 31.4 Å². The van der Waals surface area contributed by atoms with Gasteiger partial charge in [0.1, 0.15) is 0 Å². The largest absolute Gasteiger partial charge is 0.354 e. The molecule has 5 heteroatoms. The molecule has 2 amide bonds. The van der Waals surface area contributed by atoms with Gasteiger partial charge in [0.15, 0.2) is 0 Å². The molecule has 1 aromatic heterocycles. The van der Waals surface area contributed by atoms with E-state index in [4.69, 9.17) is 0 Å². The van der Waals surface area contributed by atoms with E-state index in [9.17, 15) is 9.59 Å². The van der Waals surface area contributed by atoms with Crippen molar-refractivity contribution in [1.29, 1.82) is 0 Å². The van der Waals surface area contributed by atoms with Crippen LogP contribution in [-0.4, -0.2) is 29.8 Å². The number of nitrogens with one attached hydrogen (secondary N) is 1. The fourth-order valence-electron chi connectivity index (χ4n) is 2.35. The SMILES string of the molecule is CC(C)NC(=O)[C@H]1CC(=O)N(C)[C@@H]1c1cccs1. The Labute approximate surface area is 111 Å². The van der Waals surface area contributed by atoms with Gasteiger partial charge in [-0.1, -0.05) is 6.07 Å². The summed E-state index contributed by atoms with van der Waals surface area (Å²) in [4.78, 5) is 26.8. The molecule has 1 aliphatic heterocycles. The van der Waals surface area contributed by atoms with E-state index in [1.54, 1.807) is 23.3 Å². The Balaban J connectivity index is 2.23. The molecule has 2 atom stereocenters. The van der Waals surface area contributed by atoms with E-state index in [0.29, 0.717) is 6.42 Å². The van der Waals surface area contributed by atoms with Gasteiger partial charge in [0.25, 0.3) is 0 Å². The predicted molar refractivity (Wildman–Crippen MR) is 71.2 cm³/mol. The number of amides is 2. The summed E-state index contributed by atoms with van der Waals surface area (Å²) in [7, 11) is 1.77. The normalized spacial score (nSPS) is 23.8. The minimum atomic E-state index is -0.274. The molecule has 0 saturated carbocycles. The van der Waals surface area contributed by atoms with Crippen molar-refractivity contribution in [2.75, 3.05) is 7.05 Å². The van der Waals surface area contributed by atoms with Crippen molar-refractivity contribution in [3.8, 4) is 0 Å². The summed E-state index contributed by atoms with van der Waals surface area (Å²) in [5.41, 5.74) is 0. The second-order valence-corrected chi connectivity index (χ2v) is 5.92. The third kappa shape index (κ3) is 2.41. The van der Waals surface area contributed by atoms with E-state index in [0.717, 1.165) is 4.88 Å². The molecule has 0 bridgehead atoms. The first-order valence-electron chi connectivity index (χ1n) is 6.10. The molecule has 18 heavy (non-hydrogen) atoms. The van der Waals surface area contributed by atoms with E-state index in [1.165, 1.54) is 0 Å². The summed E-state index contributed by atoms with van der Waals surface area (Å²) in [6.45, 7) is 3.86. The lowest BCUT2D eigenvalue weighted by Gasteiger charge is -2.24. The van der Waals surface area contributed by atoms with Crippen molar-refractivity contribution < 1.29 is 9.59 Å². The molecule has 2 rings (SSSR count). The average molecular weight is 266 g/mol. The standard InChI is InChI=1S/C13H18N2O2S/c1-8(2)14-13(17)9-7-11(16)15(3)12(9)10-5-4-6-18-10/h4-6,8-9,12H,7H2,1-3H3,(H,14,17)/t9-,12-/m0/s1. The van der Waals surface area contributed by atoms with Crippen LogP contribution in [0.1, 0.15) is 31.2 Å². The van der Waals surface area contributed by atoms with Gasteiger partial charge in [-0.15, -0.1) is 11.3 Å². The molecule has 98 valence electrons. The first-order chi connectivity index (χ1) is 8.50. The Bertz CT molecular complexity index is 442. The Morgan fingerprint density at radius 2 is 2.28 bits per heavy atom. The van der Waals surface area contributed by atoms with Crippen molar-refractivity contribution in [3.63, 3.8) is 0 Å². The lowest BCUT2D eigenvalue weighted by molar-refractivity contribution is -0.128.